The van der Waals surface area contributed by atoms with Gasteiger partial charge >= 0.3 is 5.97 Å². The van der Waals surface area contributed by atoms with E-state index < -0.39 is 92.7 Å². The summed E-state index contributed by atoms with van der Waals surface area (Å²) >= 11 is 0. The average molecular weight is 432 g/mol. The van der Waals surface area contributed by atoms with Crippen molar-refractivity contribution >= 4 is 5.97 Å². The van der Waals surface area contributed by atoms with Crippen LogP contribution in [0.3, 0.4) is 0 Å². The van der Waals surface area contributed by atoms with Crippen LogP contribution < -0.4 is 0 Å². The van der Waals surface area contributed by atoms with Crippen LogP contribution in [-0.4, -0.2) is 132 Å². The first-order chi connectivity index (χ1) is 13.5. The SMILES string of the molecule is O=C(O)[C@@]1(O[C@@H]2[C@@H](O)[C@H](O)O[C@H](CO)[C@@H]2O)C[C@H](O)[C@@H](F)[C@H]([C@H](O)[C@H](O)CO)O1. The number of carbonyl (C=O) groups is 1. The van der Waals surface area contributed by atoms with Crippen molar-refractivity contribution in [3.63, 3.8) is 0 Å². The molecule has 2 aliphatic heterocycles. The zero-order chi connectivity index (χ0) is 22.1. The van der Waals surface area contributed by atoms with Crippen LogP contribution in [-0.2, 0) is 19.0 Å². The smallest absolute Gasteiger partial charge is 0.364 e. The van der Waals surface area contributed by atoms with Gasteiger partial charge in [-0.2, -0.15) is 0 Å². The maximum Gasteiger partial charge on any atom is 0.364 e. The van der Waals surface area contributed by atoms with Crippen LogP contribution in [0, 0.1) is 0 Å². The highest BCUT2D eigenvalue weighted by molar-refractivity contribution is 5.76. The van der Waals surface area contributed by atoms with Crippen molar-refractivity contribution in [2.45, 2.75) is 73.5 Å². The molecule has 2 aliphatic rings. The van der Waals surface area contributed by atoms with E-state index in [-0.39, 0.29) is 0 Å². The monoisotopic (exact) mass is 432 g/mol. The Bertz CT molecular complexity index is 566. The summed E-state index contributed by atoms with van der Waals surface area (Å²) < 4.78 is 29.3. The van der Waals surface area contributed by atoms with Gasteiger partial charge in [0.15, 0.2) is 12.5 Å². The predicted octanol–water partition coefficient (Wildman–Crippen LogP) is -5.21. The lowest BCUT2D eigenvalue weighted by molar-refractivity contribution is -0.369. The molecule has 2 heterocycles. The molecule has 14 heteroatoms. The van der Waals surface area contributed by atoms with E-state index in [4.69, 9.17) is 19.3 Å². The number of carboxylic acid groups (broad SMARTS) is 1. The number of hydrogen-bond donors (Lipinski definition) is 9. The minimum Gasteiger partial charge on any atom is -0.477 e. The molecule has 2 saturated heterocycles. The van der Waals surface area contributed by atoms with Gasteiger partial charge in [0.1, 0.15) is 42.7 Å². The fourth-order valence-electron chi connectivity index (χ4n) is 3.22. The second kappa shape index (κ2) is 9.40. The highest BCUT2D eigenvalue weighted by Crippen LogP contribution is 2.37. The summed E-state index contributed by atoms with van der Waals surface area (Å²) in [6.45, 7) is -1.88. The Hall–Kier alpha value is -1.04. The Labute approximate surface area is 163 Å². The summed E-state index contributed by atoms with van der Waals surface area (Å²) in [4.78, 5) is 11.9. The standard InChI is InChI=1S/C15H25FO13/c16-7-4(19)1-15(14(25)26,28-11(7)8(21)5(20)2-17)29-12-9(22)6(3-18)27-13(24)10(12)23/h4-13,17-24H,1-3H2,(H,25,26)/t4-,5+,6+,7+,8+,9-,10+,11+,12-,13+,15-/m0/s1. The first-order valence-electron chi connectivity index (χ1n) is 8.67. The molecule has 29 heavy (non-hydrogen) atoms. The number of ether oxygens (including phenoxy) is 3. The van der Waals surface area contributed by atoms with Crippen LogP contribution in [0.4, 0.5) is 4.39 Å². The second-order valence-corrected chi connectivity index (χ2v) is 6.91. The molecule has 0 saturated carbocycles. The Morgan fingerprint density at radius 3 is 2.31 bits per heavy atom. The zero-order valence-electron chi connectivity index (χ0n) is 14.9. The van der Waals surface area contributed by atoms with Crippen LogP contribution in [0.1, 0.15) is 6.42 Å². The van der Waals surface area contributed by atoms with Crippen molar-refractivity contribution in [2.75, 3.05) is 13.2 Å². The summed E-state index contributed by atoms with van der Waals surface area (Å²) in [7, 11) is 0. The first kappa shape index (κ1) is 24.2. The maximum absolute atomic E-state index is 14.3. The lowest BCUT2D eigenvalue weighted by Crippen LogP contribution is -2.67. The van der Waals surface area contributed by atoms with Gasteiger partial charge in [-0.15, -0.1) is 0 Å². The van der Waals surface area contributed by atoms with E-state index in [2.05, 4.69) is 0 Å². The molecular weight excluding hydrogens is 407 g/mol. The fraction of sp³-hybridized carbons (Fsp3) is 0.933. The molecule has 0 amide bonds. The summed E-state index contributed by atoms with van der Waals surface area (Å²) in [6, 6.07) is 0. The number of hydrogen-bond acceptors (Lipinski definition) is 12. The number of carboxylic acids is 1. The van der Waals surface area contributed by atoms with Crippen molar-refractivity contribution in [2.24, 2.45) is 0 Å². The lowest BCUT2D eigenvalue weighted by Gasteiger charge is -2.48. The molecule has 11 atom stereocenters. The summed E-state index contributed by atoms with van der Waals surface area (Å²) in [5, 5.41) is 87.0. The Balaban J connectivity index is 2.35. The van der Waals surface area contributed by atoms with E-state index >= 15 is 0 Å². The summed E-state index contributed by atoms with van der Waals surface area (Å²) in [6.07, 6.45) is -21.1. The Kier molecular flexibility index (Phi) is 7.86. The molecule has 2 fully saturated rings. The molecule has 13 nitrogen and oxygen atoms in total. The van der Waals surface area contributed by atoms with Gasteiger partial charge in [-0.05, 0) is 0 Å². The van der Waals surface area contributed by atoms with Gasteiger partial charge in [0.2, 0.25) is 0 Å². The molecule has 9 N–H and O–H groups in total. The molecule has 170 valence electrons. The van der Waals surface area contributed by atoms with Crippen LogP contribution >= 0.6 is 0 Å². The van der Waals surface area contributed by atoms with Crippen LogP contribution in [0.25, 0.3) is 0 Å². The summed E-state index contributed by atoms with van der Waals surface area (Å²) in [5.41, 5.74) is 0. The molecule has 0 unspecified atom stereocenters. The van der Waals surface area contributed by atoms with Gasteiger partial charge < -0.3 is 60.2 Å². The second-order valence-electron chi connectivity index (χ2n) is 6.91. The molecule has 0 aromatic rings. The Morgan fingerprint density at radius 1 is 1.17 bits per heavy atom. The highest BCUT2D eigenvalue weighted by atomic mass is 19.1. The minimum absolute atomic E-state index is 0.842. The van der Waals surface area contributed by atoms with E-state index in [9.17, 15) is 50.0 Å². The molecule has 0 aromatic carbocycles. The fourth-order valence-corrected chi connectivity index (χ4v) is 3.22. The van der Waals surface area contributed by atoms with Gasteiger partial charge in [-0.1, -0.05) is 0 Å². The zero-order valence-corrected chi connectivity index (χ0v) is 14.9. The van der Waals surface area contributed by atoms with E-state index in [1.807, 2.05) is 0 Å². The number of halogens is 1. The van der Waals surface area contributed by atoms with Crippen LogP contribution in [0.5, 0.6) is 0 Å². The number of aliphatic hydroxyl groups excluding tert-OH is 8. The van der Waals surface area contributed by atoms with Gasteiger partial charge in [0.25, 0.3) is 5.79 Å². The van der Waals surface area contributed by atoms with Gasteiger partial charge in [-0.3, -0.25) is 0 Å². The van der Waals surface area contributed by atoms with Gasteiger partial charge in [-0.25, -0.2) is 9.18 Å². The molecule has 0 radical (unpaired) electrons. The van der Waals surface area contributed by atoms with Crippen molar-refractivity contribution in [1.82, 2.24) is 0 Å². The summed E-state index contributed by atoms with van der Waals surface area (Å²) in [5.74, 6) is -4.88. The van der Waals surface area contributed by atoms with E-state index in [1.54, 1.807) is 0 Å². The number of aliphatic carboxylic acids is 1. The number of aliphatic hydroxyl groups is 8. The lowest BCUT2D eigenvalue weighted by atomic mass is 9.91. The predicted molar refractivity (Wildman–Crippen MR) is 84.7 cm³/mol. The van der Waals surface area contributed by atoms with Crippen molar-refractivity contribution < 1.29 is 69.4 Å². The molecule has 2 rings (SSSR count). The largest absolute Gasteiger partial charge is 0.477 e. The molecule has 0 aliphatic carbocycles. The topological polar surface area (TPSA) is 227 Å². The van der Waals surface area contributed by atoms with E-state index in [0.29, 0.717) is 0 Å². The van der Waals surface area contributed by atoms with E-state index in [1.165, 1.54) is 0 Å². The third-order valence-electron chi connectivity index (χ3n) is 4.90. The molecule has 0 spiro atoms. The van der Waals surface area contributed by atoms with Crippen LogP contribution in [0.2, 0.25) is 0 Å². The minimum atomic E-state index is -2.94. The van der Waals surface area contributed by atoms with Crippen molar-refractivity contribution in [1.29, 1.82) is 0 Å². The van der Waals surface area contributed by atoms with Crippen LogP contribution in [0.15, 0.2) is 0 Å². The number of alkyl halides is 1. The quantitative estimate of drug-likeness (QED) is 0.183. The average Bonchev–Trinajstić information content (AvgIpc) is 2.69. The normalized spacial score (nSPS) is 45.6. The molecule has 0 aromatic heterocycles. The van der Waals surface area contributed by atoms with Gasteiger partial charge in [0, 0.05) is 6.42 Å². The molecule has 0 bridgehead atoms. The number of rotatable bonds is 7. The van der Waals surface area contributed by atoms with E-state index in [0.717, 1.165) is 0 Å². The molecular formula is C15H25FO13. The van der Waals surface area contributed by atoms with Crippen molar-refractivity contribution in [3.05, 3.63) is 0 Å². The maximum atomic E-state index is 14.3. The third kappa shape index (κ3) is 4.67. The Morgan fingerprint density at radius 2 is 1.79 bits per heavy atom. The highest BCUT2D eigenvalue weighted by Gasteiger charge is 2.59. The van der Waals surface area contributed by atoms with Crippen molar-refractivity contribution in [3.8, 4) is 0 Å². The first-order valence-corrected chi connectivity index (χ1v) is 8.67. The third-order valence-corrected chi connectivity index (χ3v) is 4.90. The van der Waals surface area contributed by atoms with Gasteiger partial charge in [0.05, 0.1) is 19.3 Å².